The summed E-state index contributed by atoms with van der Waals surface area (Å²) in [4.78, 5) is 0. The molecule has 94 valence electrons. The molecule has 0 radical (unpaired) electrons. The summed E-state index contributed by atoms with van der Waals surface area (Å²) in [5.41, 5.74) is 0.706. The molecule has 1 aromatic rings. The van der Waals surface area contributed by atoms with Crippen molar-refractivity contribution >= 4 is 11.8 Å². The lowest BCUT2D eigenvalue weighted by Gasteiger charge is -2.21. The normalized spacial score (nSPS) is 23.9. The van der Waals surface area contributed by atoms with Crippen molar-refractivity contribution in [1.29, 1.82) is 0 Å². The van der Waals surface area contributed by atoms with Crippen LogP contribution in [0.4, 0.5) is 0 Å². The average Bonchev–Trinajstić information content (AvgIpc) is 2.77. The van der Waals surface area contributed by atoms with Crippen molar-refractivity contribution in [3.05, 3.63) is 29.8 Å². The number of methoxy groups -OCH3 is 1. The van der Waals surface area contributed by atoms with Gasteiger partial charge in [0, 0.05) is 18.8 Å². The maximum absolute atomic E-state index is 10.1. The van der Waals surface area contributed by atoms with Gasteiger partial charge in [-0.05, 0) is 29.9 Å². The zero-order chi connectivity index (χ0) is 12.1. The van der Waals surface area contributed by atoms with Crippen LogP contribution in [0.3, 0.4) is 0 Å². The van der Waals surface area contributed by atoms with E-state index in [0.717, 1.165) is 30.2 Å². The molecule has 2 N–H and O–H groups in total. The molecule has 0 bridgehead atoms. The zero-order valence-corrected chi connectivity index (χ0v) is 10.9. The Labute approximate surface area is 107 Å². The van der Waals surface area contributed by atoms with Crippen molar-refractivity contribution in [1.82, 2.24) is 5.32 Å². The third-order valence-electron chi connectivity index (χ3n) is 3.02. The molecule has 1 aromatic carbocycles. The van der Waals surface area contributed by atoms with Crippen LogP contribution in [-0.4, -0.2) is 35.9 Å². The first-order chi connectivity index (χ1) is 8.22. The number of hydrogen-bond donors (Lipinski definition) is 2. The molecule has 0 aliphatic carbocycles. The van der Waals surface area contributed by atoms with Crippen molar-refractivity contribution in [3.63, 3.8) is 0 Å². The van der Waals surface area contributed by atoms with E-state index in [-0.39, 0.29) is 0 Å². The van der Waals surface area contributed by atoms with E-state index in [9.17, 15) is 5.11 Å². The first-order valence-corrected chi connectivity index (χ1v) is 7.01. The van der Waals surface area contributed by atoms with E-state index in [1.54, 1.807) is 7.11 Å². The molecule has 2 rings (SSSR count). The highest BCUT2D eigenvalue weighted by Crippen LogP contribution is 2.27. The highest BCUT2D eigenvalue weighted by atomic mass is 32.2. The molecule has 1 fully saturated rings. The Bertz CT molecular complexity index is 347. The summed E-state index contributed by atoms with van der Waals surface area (Å²) in [5.74, 6) is 2.79. The fourth-order valence-electron chi connectivity index (χ4n) is 1.92. The minimum atomic E-state index is -0.503. The van der Waals surface area contributed by atoms with E-state index >= 15 is 0 Å². The van der Waals surface area contributed by atoms with Crippen LogP contribution < -0.4 is 10.1 Å². The Morgan fingerprint density at radius 2 is 2.18 bits per heavy atom. The Balaban J connectivity index is 1.77. The molecular weight excluding hydrogens is 234 g/mol. The SMILES string of the molecule is COc1ccc(CNCC2(O)CCSC2)cc1. The van der Waals surface area contributed by atoms with Crippen LogP contribution in [0.15, 0.2) is 24.3 Å². The molecule has 1 aliphatic heterocycles. The van der Waals surface area contributed by atoms with Crippen molar-refractivity contribution < 1.29 is 9.84 Å². The van der Waals surface area contributed by atoms with E-state index in [4.69, 9.17) is 4.74 Å². The van der Waals surface area contributed by atoms with Gasteiger partial charge in [-0.25, -0.2) is 0 Å². The molecule has 1 atom stereocenters. The molecule has 1 heterocycles. The molecule has 0 amide bonds. The van der Waals surface area contributed by atoms with Crippen LogP contribution in [0, 0.1) is 0 Å². The lowest BCUT2D eigenvalue weighted by Crippen LogP contribution is -2.40. The quantitative estimate of drug-likeness (QED) is 0.837. The minimum Gasteiger partial charge on any atom is -0.497 e. The maximum Gasteiger partial charge on any atom is 0.118 e. The Hall–Kier alpha value is -0.710. The standard InChI is InChI=1S/C13H19NO2S/c1-16-12-4-2-11(3-5-12)8-14-9-13(15)6-7-17-10-13/h2-5,14-15H,6-10H2,1H3. The lowest BCUT2D eigenvalue weighted by molar-refractivity contribution is 0.0675. The van der Waals surface area contributed by atoms with E-state index in [2.05, 4.69) is 5.32 Å². The molecular formula is C13H19NO2S. The number of benzene rings is 1. The third-order valence-corrected chi connectivity index (χ3v) is 4.26. The molecule has 1 unspecified atom stereocenters. The molecule has 0 saturated carbocycles. The number of nitrogens with one attached hydrogen (secondary N) is 1. The van der Waals surface area contributed by atoms with Gasteiger partial charge in [0.05, 0.1) is 12.7 Å². The first-order valence-electron chi connectivity index (χ1n) is 5.86. The van der Waals surface area contributed by atoms with Crippen LogP contribution in [0.25, 0.3) is 0 Å². The second kappa shape index (κ2) is 5.76. The van der Waals surface area contributed by atoms with E-state index in [1.165, 1.54) is 5.56 Å². The Kier molecular flexibility index (Phi) is 4.31. The van der Waals surface area contributed by atoms with Crippen LogP contribution in [0.1, 0.15) is 12.0 Å². The maximum atomic E-state index is 10.1. The highest BCUT2D eigenvalue weighted by Gasteiger charge is 2.30. The highest BCUT2D eigenvalue weighted by molar-refractivity contribution is 7.99. The van der Waals surface area contributed by atoms with Gasteiger partial charge in [-0.2, -0.15) is 11.8 Å². The Morgan fingerprint density at radius 3 is 2.76 bits per heavy atom. The second-order valence-electron chi connectivity index (χ2n) is 4.48. The van der Waals surface area contributed by atoms with Gasteiger partial charge in [0.1, 0.15) is 5.75 Å². The summed E-state index contributed by atoms with van der Waals surface area (Å²) in [6.07, 6.45) is 0.896. The summed E-state index contributed by atoms with van der Waals surface area (Å²) >= 11 is 1.83. The smallest absolute Gasteiger partial charge is 0.118 e. The number of rotatable bonds is 5. The van der Waals surface area contributed by atoms with Crippen molar-refractivity contribution in [3.8, 4) is 5.75 Å². The van der Waals surface area contributed by atoms with E-state index < -0.39 is 5.60 Å². The minimum absolute atomic E-state index is 0.503. The topological polar surface area (TPSA) is 41.5 Å². The Morgan fingerprint density at radius 1 is 1.41 bits per heavy atom. The van der Waals surface area contributed by atoms with Gasteiger partial charge in [0.25, 0.3) is 0 Å². The summed E-state index contributed by atoms with van der Waals surface area (Å²) in [6, 6.07) is 7.99. The van der Waals surface area contributed by atoms with Gasteiger partial charge in [0.15, 0.2) is 0 Å². The van der Waals surface area contributed by atoms with Crippen LogP contribution in [-0.2, 0) is 6.54 Å². The van der Waals surface area contributed by atoms with Gasteiger partial charge >= 0.3 is 0 Å². The molecule has 0 aromatic heterocycles. The molecule has 3 nitrogen and oxygen atoms in total. The summed E-state index contributed by atoms with van der Waals surface area (Å²) in [6.45, 7) is 1.46. The largest absolute Gasteiger partial charge is 0.497 e. The fraction of sp³-hybridized carbons (Fsp3) is 0.538. The summed E-state index contributed by atoms with van der Waals surface area (Å²) in [7, 11) is 1.67. The molecule has 1 saturated heterocycles. The second-order valence-corrected chi connectivity index (χ2v) is 5.58. The number of hydrogen-bond acceptors (Lipinski definition) is 4. The van der Waals surface area contributed by atoms with Crippen LogP contribution in [0.2, 0.25) is 0 Å². The zero-order valence-electron chi connectivity index (χ0n) is 10.1. The van der Waals surface area contributed by atoms with Crippen molar-refractivity contribution in [2.45, 2.75) is 18.6 Å². The van der Waals surface area contributed by atoms with Gasteiger partial charge in [-0.15, -0.1) is 0 Å². The fourth-order valence-corrected chi connectivity index (χ4v) is 3.21. The number of ether oxygens (including phenoxy) is 1. The molecule has 17 heavy (non-hydrogen) atoms. The van der Waals surface area contributed by atoms with Gasteiger partial charge in [0.2, 0.25) is 0 Å². The molecule has 1 aliphatic rings. The first kappa shape index (κ1) is 12.7. The third kappa shape index (κ3) is 3.63. The molecule has 0 spiro atoms. The van der Waals surface area contributed by atoms with E-state index in [0.29, 0.717) is 6.54 Å². The van der Waals surface area contributed by atoms with Crippen molar-refractivity contribution in [2.75, 3.05) is 25.2 Å². The van der Waals surface area contributed by atoms with Gasteiger partial charge in [-0.3, -0.25) is 0 Å². The predicted molar refractivity (Wildman–Crippen MR) is 71.6 cm³/mol. The lowest BCUT2D eigenvalue weighted by atomic mass is 10.0. The van der Waals surface area contributed by atoms with Gasteiger partial charge in [-0.1, -0.05) is 12.1 Å². The summed E-state index contributed by atoms with van der Waals surface area (Å²) < 4.78 is 5.11. The number of aliphatic hydroxyl groups is 1. The number of thioether (sulfide) groups is 1. The monoisotopic (exact) mass is 253 g/mol. The predicted octanol–water partition coefficient (Wildman–Crippen LogP) is 1.65. The van der Waals surface area contributed by atoms with Crippen LogP contribution >= 0.6 is 11.8 Å². The van der Waals surface area contributed by atoms with Crippen LogP contribution in [0.5, 0.6) is 5.75 Å². The van der Waals surface area contributed by atoms with Gasteiger partial charge < -0.3 is 15.2 Å². The van der Waals surface area contributed by atoms with Crippen molar-refractivity contribution in [2.24, 2.45) is 0 Å². The summed E-state index contributed by atoms with van der Waals surface area (Å²) in [5, 5.41) is 13.5. The molecule has 4 heteroatoms. The average molecular weight is 253 g/mol. The van der Waals surface area contributed by atoms with E-state index in [1.807, 2.05) is 36.0 Å².